The Bertz CT molecular complexity index is 1010. The van der Waals surface area contributed by atoms with E-state index in [1.807, 2.05) is 25.1 Å². The van der Waals surface area contributed by atoms with Crippen molar-refractivity contribution in [1.29, 1.82) is 0 Å². The number of carbonyl (C=O) groups is 1. The second-order valence-corrected chi connectivity index (χ2v) is 7.61. The van der Waals surface area contributed by atoms with Crippen molar-refractivity contribution in [2.45, 2.75) is 31.8 Å². The van der Waals surface area contributed by atoms with Gasteiger partial charge in [0.05, 0.1) is 17.9 Å². The van der Waals surface area contributed by atoms with Gasteiger partial charge in [0.15, 0.2) is 5.69 Å². The number of carbonyl (C=O) groups excluding carboxylic acids is 1. The van der Waals surface area contributed by atoms with Crippen molar-refractivity contribution in [2.75, 3.05) is 20.6 Å². The molecule has 3 aromatic rings. The Labute approximate surface area is 168 Å². The SMILES string of the molecule is CN(C)Cc1cc(-c2ccccc2F)nn1CCNC(=O)c1cc(C2CC2)on1. The third-order valence-corrected chi connectivity index (χ3v) is 4.84. The molecule has 1 saturated carbocycles. The number of nitrogens with one attached hydrogen (secondary N) is 1. The van der Waals surface area contributed by atoms with Gasteiger partial charge in [0.1, 0.15) is 11.6 Å². The smallest absolute Gasteiger partial charge is 0.273 e. The van der Waals surface area contributed by atoms with E-state index in [0.717, 1.165) is 24.3 Å². The van der Waals surface area contributed by atoms with Crippen molar-refractivity contribution in [3.8, 4) is 11.3 Å². The lowest BCUT2D eigenvalue weighted by Gasteiger charge is -2.12. The predicted octanol–water partition coefficient (Wildman–Crippen LogP) is 3.05. The molecule has 1 aliphatic carbocycles. The maximum atomic E-state index is 14.2. The van der Waals surface area contributed by atoms with Gasteiger partial charge in [0.25, 0.3) is 5.91 Å². The molecule has 0 unspecified atom stereocenters. The van der Waals surface area contributed by atoms with Crippen LogP contribution < -0.4 is 5.32 Å². The molecule has 7 nitrogen and oxygen atoms in total. The first kappa shape index (κ1) is 19.3. The molecule has 0 bridgehead atoms. The van der Waals surface area contributed by atoms with Crippen LogP contribution in [-0.2, 0) is 13.1 Å². The van der Waals surface area contributed by atoms with Gasteiger partial charge < -0.3 is 14.7 Å². The average molecular weight is 397 g/mol. The normalized spacial score (nSPS) is 13.8. The highest BCUT2D eigenvalue weighted by Crippen LogP contribution is 2.40. The minimum Gasteiger partial charge on any atom is -0.360 e. The third kappa shape index (κ3) is 4.54. The fourth-order valence-electron chi connectivity index (χ4n) is 3.22. The minimum atomic E-state index is -0.306. The van der Waals surface area contributed by atoms with Crippen LogP contribution in [0.4, 0.5) is 4.39 Å². The molecule has 4 rings (SSSR count). The summed E-state index contributed by atoms with van der Waals surface area (Å²) in [6, 6.07) is 10.2. The van der Waals surface area contributed by atoms with Crippen LogP contribution >= 0.6 is 0 Å². The molecule has 2 heterocycles. The Balaban J connectivity index is 1.43. The van der Waals surface area contributed by atoms with Gasteiger partial charge in [-0.05, 0) is 45.1 Å². The van der Waals surface area contributed by atoms with Crippen LogP contribution in [0.5, 0.6) is 0 Å². The van der Waals surface area contributed by atoms with Crippen LogP contribution in [0.15, 0.2) is 40.9 Å². The molecule has 0 radical (unpaired) electrons. The summed E-state index contributed by atoms with van der Waals surface area (Å²) in [5.41, 5.74) is 2.29. The molecule has 1 N–H and O–H groups in total. The maximum Gasteiger partial charge on any atom is 0.273 e. The van der Waals surface area contributed by atoms with Crippen LogP contribution in [0.3, 0.4) is 0 Å². The van der Waals surface area contributed by atoms with Crippen molar-refractivity contribution >= 4 is 5.91 Å². The van der Waals surface area contributed by atoms with Gasteiger partial charge in [-0.25, -0.2) is 4.39 Å². The maximum absolute atomic E-state index is 14.2. The first-order chi connectivity index (χ1) is 14.0. The van der Waals surface area contributed by atoms with Gasteiger partial charge >= 0.3 is 0 Å². The van der Waals surface area contributed by atoms with Crippen LogP contribution in [0, 0.1) is 5.82 Å². The van der Waals surface area contributed by atoms with Crippen molar-refractivity contribution in [3.63, 3.8) is 0 Å². The zero-order chi connectivity index (χ0) is 20.4. The Hall–Kier alpha value is -3.00. The molecule has 29 heavy (non-hydrogen) atoms. The lowest BCUT2D eigenvalue weighted by atomic mass is 10.1. The zero-order valence-electron chi connectivity index (χ0n) is 16.6. The van der Waals surface area contributed by atoms with E-state index in [1.165, 1.54) is 6.07 Å². The summed E-state index contributed by atoms with van der Waals surface area (Å²) in [5.74, 6) is 0.624. The first-order valence-electron chi connectivity index (χ1n) is 9.72. The van der Waals surface area contributed by atoms with E-state index in [0.29, 0.717) is 42.5 Å². The van der Waals surface area contributed by atoms with Gasteiger partial charge in [0.2, 0.25) is 0 Å². The van der Waals surface area contributed by atoms with E-state index < -0.39 is 0 Å². The van der Waals surface area contributed by atoms with Gasteiger partial charge in [-0.3, -0.25) is 9.48 Å². The van der Waals surface area contributed by atoms with E-state index in [1.54, 1.807) is 28.9 Å². The Morgan fingerprint density at radius 1 is 1.31 bits per heavy atom. The van der Waals surface area contributed by atoms with Gasteiger partial charge in [0, 0.05) is 30.6 Å². The minimum absolute atomic E-state index is 0.267. The van der Waals surface area contributed by atoms with E-state index >= 15 is 0 Å². The predicted molar refractivity (Wildman–Crippen MR) is 106 cm³/mol. The molecule has 0 spiro atoms. The van der Waals surface area contributed by atoms with Crippen LogP contribution in [0.2, 0.25) is 0 Å². The summed E-state index contributed by atoms with van der Waals surface area (Å²) in [6.45, 7) is 1.50. The largest absolute Gasteiger partial charge is 0.360 e. The van der Waals surface area contributed by atoms with Crippen molar-refractivity contribution in [3.05, 3.63) is 59.4 Å². The third-order valence-electron chi connectivity index (χ3n) is 4.84. The van der Waals surface area contributed by atoms with Crippen molar-refractivity contribution in [1.82, 2.24) is 25.2 Å². The molecule has 8 heteroatoms. The zero-order valence-corrected chi connectivity index (χ0v) is 16.6. The Morgan fingerprint density at radius 3 is 2.83 bits per heavy atom. The highest BCUT2D eigenvalue weighted by atomic mass is 19.1. The molecular formula is C21H24FN5O2. The summed E-state index contributed by atoms with van der Waals surface area (Å²) in [6.07, 6.45) is 2.18. The fourth-order valence-corrected chi connectivity index (χ4v) is 3.22. The molecule has 0 atom stereocenters. The van der Waals surface area contributed by atoms with Crippen molar-refractivity contribution in [2.24, 2.45) is 0 Å². The number of hydrogen-bond donors (Lipinski definition) is 1. The lowest BCUT2D eigenvalue weighted by molar-refractivity contribution is 0.0942. The number of aromatic nitrogens is 3. The summed E-state index contributed by atoms with van der Waals surface area (Å²) in [5, 5.41) is 11.3. The number of nitrogens with zero attached hydrogens (tertiary/aromatic N) is 4. The average Bonchev–Trinajstić information content (AvgIpc) is 3.28. The second kappa shape index (κ2) is 8.16. The van der Waals surface area contributed by atoms with Gasteiger partial charge in [-0.1, -0.05) is 17.3 Å². The summed E-state index contributed by atoms with van der Waals surface area (Å²) in [4.78, 5) is 14.3. The monoisotopic (exact) mass is 397 g/mol. The Morgan fingerprint density at radius 2 is 2.10 bits per heavy atom. The van der Waals surface area contributed by atoms with Crippen LogP contribution in [0.1, 0.15) is 40.7 Å². The van der Waals surface area contributed by atoms with E-state index in [9.17, 15) is 9.18 Å². The molecule has 2 aromatic heterocycles. The molecule has 1 amide bonds. The fraction of sp³-hybridized carbons (Fsp3) is 0.381. The molecule has 0 saturated heterocycles. The molecule has 0 aliphatic heterocycles. The number of hydrogen-bond acceptors (Lipinski definition) is 5. The highest BCUT2D eigenvalue weighted by Gasteiger charge is 2.28. The number of rotatable bonds is 8. The van der Waals surface area contributed by atoms with Gasteiger partial charge in [-0.15, -0.1) is 0 Å². The highest BCUT2D eigenvalue weighted by molar-refractivity contribution is 5.92. The quantitative estimate of drug-likeness (QED) is 0.632. The van der Waals surface area contributed by atoms with E-state index in [-0.39, 0.29) is 11.7 Å². The first-order valence-corrected chi connectivity index (χ1v) is 9.72. The summed E-state index contributed by atoms with van der Waals surface area (Å²) in [7, 11) is 3.92. The van der Waals surface area contributed by atoms with Crippen LogP contribution in [0.25, 0.3) is 11.3 Å². The lowest BCUT2D eigenvalue weighted by Crippen LogP contribution is -2.28. The number of benzene rings is 1. The molecule has 1 fully saturated rings. The van der Waals surface area contributed by atoms with Crippen LogP contribution in [-0.4, -0.2) is 46.4 Å². The summed E-state index contributed by atoms with van der Waals surface area (Å²) < 4.78 is 21.2. The molecule has 152 valence electrons. The molecular weight excluding hydrogens is 373 g/mol. The van der Waals surface area contributed by atoms with E-state index in [4.69, 9.17) is 4.52 Å². The molecule has 1 aromatic carbocycles. The topological polar surface area (TPSA) is 76.2 Å². The second-order valence-electron chi connectivity index (χ2n) is 7.61. The summed E-state index contributed by atoms with van der Waals surface area (Å²) >= 11 is 0. The molecule has 1 aliphatic rings. The number of halogens is 1. The number of amides is 1. The standard InChI is InChI=1S/C21H24FN5O2/c1-26(2)13-15-11-18(16-5-3-4-6-17(16)22)24-27(15)10-9-23-21(28)19-12-20(29-25-19)14-7-8-14/h3-6,11-12,14H,7-10,13H2,1-2H3,(H,23,28). The Kier molecular flexibility index (Phi) is 5.44. The van der Waals surface area contributed by atoms with Crippen molar-refractivity contribution < 1.29 is 13.7 Å². The van der Waals surface area contributed by atoms with Gasteiger partial charge in [-0.2, -0.15) is 5.10 Å². The van der Waals surface area contributed by atoms with E-state index in [2.05, 4.69) is 15.6 Å².